The minimum Gasteiger partial charge on any atom is -0.374 e. The van der Waals surface area contributed by atoms with Crippen LogP contribution in [0, 0.1) is 0 Å². The summed E-state index contributed by atoms with van der Waals surface area (Å²) < 4.78 is 5.84. The van der Waals surface area contributed by atoms with Crippen molar-refractivity contribution in [2.75, 3.05) is 13.2 Å². The van der Waals surface area contributed by atoms with Crippen molar-refractivity contribution in [1.82, 2.24) is 0 Å². The largest absolute Gasteiger partial charge is 0.374 e. The fourth-order valence-corrected chi connectivity index (χ4v) is 2.07. The molecule has 0 spiro atoms. The van der Waals surface area contributed by atoms with Crippen LogP contribution in [0.25, 0.3) is 0 Å². The average Bonchev–Trinajstić information content (AvgIpc) is 2.16. The predicted octanol–water partition coefficient (Wildman–Crippen LogP) is 2.07. The van der Waals surface area contributed by atoms with Crippen LogP contribution < -0.4 is 5.73 Å². The maximum Gasteiger partial charge on any atom is 0.0680 e. The lowest BCUT2D eigenvalue weighted by Crippen LogP contribution is -2.35. The highest BCUT2D eigenvalue weighted by Crippen LogP contribution is 2.33. The Balaban J connectivity index is 2.37. The van der Waals surface area contributed by atoms with Crippen molar-refractivity contribution in [3.05, 3.63) is 0 Å². The number of rotatable bonds is 4. The van der Waals surface area contributed by atoms with Crippen LogP contribution in [0.4, 0.5) is 0 Å². The van der Waals surface area contributed by atoms with E-state index in [1.807, 2.05) is 0 Å². The van der Waals surface area contributed by atoms with Crippen LogP contribution in [0.3, 0.4) is 0 Å². The Morgan fingerprint density at radius 1 is 1.25 bits per heavy atom. The second kappa shape index (κ2) is 4.83. The molecule has 72 valence electrons. The minimum absolute atomic E-state index is 0.192. The van der Waals surface area contributed by atoms with Gasteiger partial charge in [0, 0.05) is 6.54 Å². The summed E-state index contributed by atoms with van der Waals surface area (Å²) in [5.74, 6) is 0. The highest BCUT2D eigenvalue weighted by atomic mass is 16.5. The van der Waals surface area contributed by atoms with Gasteiger partial charge in [-0.1, -0.05) is 26.2 Å². The molecule has 1 aliphatic rings. The lowest BCUT2D eigenvalue weighted by Gasteiger charge is -2.36. The number of hydrogen-bond acceptors (Lipinski definition) is 2. The average molecular weight is 171 g/mol. The third-order valence-corrected chi connectivity index (χ3v) is 2.94. The van der Waals surface area contributed by atoms with E-state index in [1.165, 1.54) is 32.1 Å². The van der Waals surface area contributed by atoms with Crippen LogP contribution in [0.1, 0.15) is 45.4 Å². The van der Waals surface area contributed by atoms with E-state index in [1.54, 1.807) is 0 Å². The van der Waals surface area contributed by atoms with Crippen LogP contribution in [-0.2, 0) is 4.74 Å². The van der Waals surface area contributed by atoms with Gasteiger partial charge >= 0.3 is 0 Å². The molecule has 0 radical (unpaired) electrons. The van der Waals surface area contributed by atoms with Crippen molar-refractivity contribution >= 4 is 0 Å². The van der Waals surface area contributed by atoms with E-state index < -0.39 is 0 Å². The van der Waals surface area contributed by atoms with E-state index in [0.717, 1.165) is 13.0 Å². The van der Waals surface area contributed by atoms with Gasteiger partial charge in [-0.25, -0.2) is 0 Å². The molecular formula is C10H21NO. The highest BCUT2D eigenvalue weighted by Gasteiger charge is 2.30. The number of hydrogen-bond donors (Lipinski definition) is 1. The van der Waals surface area contributed by atoms with E-state index in [-0.39, 0.29) is 5.60 Å². The summed E-state index contributed by atoms with van der Waals surface area (Å²) >= 11 is 0. The Kier molecular flexibility index (Phi) is 4.02. The molecule has 1 fully saturated rings. The van der Waals surface area contributed by atoms with Crippen molar-refractivity contribution in [2.45, 2.75) is 51.0 Å². The van der Waals surface area contributed by atoms with E-state index in [4.69, 9.17) is 10.5 Å². The van der Waals surface area contributed by atoms with Gasteiger partial charge in [0.1, 0.15) is 0 Å². The summed E-state index contributed by atoms with van der Waals surface area (Å²) in [7, 11) is 0. The molecule has 0 atom stereocenters. The smallest absolute Gasteiger partial charge is 0.0680 e. The molecule has 0 bridgehead atoms. The normalized spacial score (nSPS) is 22.5. The summed E-state index contributed by atoms with van der Waals surface area (Å²) in [5.41, 5.74) is 5.63. The van der Waals surface area contributed by atoms with Gasteiger partial charge in [-0.2, -0.15) is 0 Å². The van der Waals surface area contributed by atoms with Gasteiger partial charge in [0.2, 0.25) is 0 Å². The Bertz CT molecular complexity index is 119. The summed E-state index contributed by atoms with van der Waals surface area (Å²) in [4.78, 5) is 0. The van der Waals surface area contributed by atoms with E-state index in [2.05, 4.69) is 6.92 Å². The maximum atomic E-state index is 5.84. The third-order valence-electron chi connectivity index (χ3n) is 2.94. The fraction of sp³-hybridized carbons (Fsp3) is 1.00. The molecule has 0 saturated heterocycles. The summed E-state index contributed by atoms with van der Waals surface area (Å²) in [6.07, 6.45) is 7.67. The van der Waals surface area contributed by atoms with Crippen LogP contribution in [0.2, 0.25) is 0 Å². The van der Waals surface area contributed by atoms with Gasteiger partial charge in [0.15, 0.2) is 0 Å². The zero-order chi connectivity index (χ0) is 8.86. The Hall–Kier alpha value is -0.0800. The first-order valence-corrected chi connectivity index (χ1v) is 5.17. The fourth-order valence-electron chi connectivity index (χ4n) is 2.07. The van der Waals surface area contributed by atoms with Crippen molar-refractivity contribution in [3.63, 3.8) is 0 Å². The second-order valence-corrected chi connectivity index (χ2v) is 3.73. The SMILES string of the molecule is CCC1(OCCN)CCCCC1. The number of nitrogens with two attached hydrogens (primary N) is 1. The standard InChI is InChI=1S/C10H21NO/c1-2-10(12-9-8-11)6-4-3-5-7-10/h2-9,11H2,1H3. The lowest BCUT2D eigenvalue weighted by atomic mass is 9.83. The molecule has 2 heteroatoms. The molecule has 0 aromatic heterocycles. The van der Waals surface area contributed by atoms with Gasteiger partial charge in [0.05, 0.1) is 12.2 Å². The lowest BCUT2D eigenvalue weighted by molar-refractivity contribution is -0.0692. The predicted molar refractivity (Wildman–Crippen MR) is 51.1 cm³/mol. The van der Waals surface area contributed by atoms with Crippen LogP contribution in [0.15, 0.2) is 0 Å². The third kappa shape index (κ3) is 2.46. The molecule has 0 aromatic carbocycles. The maximum absolute atomic E-state index is 5.84. The van der Waals surface area contributed by atoms with Crippen molar-refractivity contribution in [3.8, 4) is 0 Å². The quantitative estimate of drug-likeness (QED) is 0.703. The second-order valence-electron chi connectivity index (χ2n) is 3.73. The first-order chi connectivity index (χ1) is 5.83. The molecular weight excluding hydrogens is 150 g/mol. The molecule has 0 unspecified atom stereocenters. The zero-order valence-corrected chi connectivity index (χ0v) is 8.14. The van der Waals surface area contributed by atoms with Gasteiger partial charge < -0.3 is 10.5 Å². The molecule has 0 heterocycles. The molecule has 0 aromatic rings. The summed E-state index contributed by atoms with van der Waals surface area (Å²) in [6, 6.07) is 0. The first-order valence-electron chi connectivity index (χ1n) is 5.17. The van der Waals surface area contributed by atoms with Crippen molar-refractivity contribution in [1.29, 1.82) is 0 Å². The van der Waals surface area contributed by atoms with Gasteiger partial charge in [-0.05, 0) is 19.3 Å². The monoisotopic (exact) mass is 171 g/mol. The molecule has 2 nitrogen and oxygen atoms in total. The summed E-state index contributed by atoms with van der Waals surface area (Å²) in [6.45, 7) is 3.61. The first kappa shape index (κ1) is 10.0. The molecule has 2 N–H and O–H groups in total. The van der Waals surface area contributed by atoms with Gasteiger partial charge in [-0.15, -0.1) is 0 Å². The zero-order valence-electron chi connectivity index (χ0n) is 8.14. The molecule has 1 rings (SSSR count). The number of ether oxygens (including phenoxy) is 1. The van der Waals surface area contributed by atoms with E-state index in [9.17, 15) is 0 Å². The molecule has 12 heavy (non-hydrogen) atoms. The Labute approximate surface area is 75.5 Å². The molecule has 1 saturated carbocycles. The van der Waals surface area contributed by atoms with Crippen LogP contribution in [-0.4, -0.2) is 18.8 Å². The Morgan fingerprint density at radius 2 is 1.92 bits per heavy atom. The molecule has 0 amide bonds. The van der Waals surface area contributed by atoms with Crippen molar-refractivity contribution in [2.24, 2.45) is 5.73 Å². The topological polar surface area (TPSA) is 35.2 Å². The van der Waals surface area contributed by atoms with E-state index >= 15 is 0 Å². The van der Waals surface area contributed by atoms with Gasteiger partial charge in [-0.3, -0.25) is 0 Å². The van der Waals surface area contributed by atoms with Crippen LogP contribution >= 0.6 is 0 Å². The Morgan fingerprint density at radius 3 is 2.42 bits per heavy atom. The van der Waals surface area contributed by atoms with E-state index in [0.29, 0.717) is 6.54 Å². The van der Waals surface area contributed by atoms with Crippen molar-refractivity contribution < 1.29 is 4.74 Å². The minimum atomic E-state index is 0.192. The highest BCUT2D eigenvalue weighted by molar-refractivity contribution is 4.82. The van der Waals surface area contributed by atoms with Crippen LogP contribution in [0.5, 0.6) is 0 Å². The molecule has 0 aliphatic heterocycles. The van der Waals surface area contributed by atoms with Gasteiger partial charge in [0.25, 0.3) is 0 Å². The summed E-state index contributed by atoms with van der Waals surface area (Å²) in [5, 5.41) is 0. The molecule has 1 aliphatic carbocycles.